The minimum atomic E-state index is -1.01. The van der Waals surface area contributed by atoms with Gasteiger partial charge in [0.1, 0.15) is 6.04 Å². The van der Waals surface area contributed by atoms with Gasteiger partial charge in [0, 0.05) is 6.08 Å². The SMILES string of the molecule is CCCCCCCCCC=CC=CC=CC=CC=CC=CC(=O)N[C@@H](CCSC)C(=O)O. The number of carbonyl (C=O) groups excluding carboxylic acids is 1. The van der Waals surface area contributed by atoms with E-state index in [1.54, 1.807) is 23.9 Å². The van der Waals surface area contributed by atoms with Crippen LogP contribution in [0.2, 0.25) is 0 Å². The van der Waals surface area contributed by atoms with Gasteiger partial charge in [-0.15, -0.1) is 0 Å². The molecule has 0 spiro atoms. The van der Waals surface area contributed by atoms with Crippen LogP contribution in [0.5, 0.6) is 0 Å². The van der Waals surface area contributed by atoms with Gasteiger partial charge < -0.3 is 10.4 Å². The van der Waals surface area contributed by atoms with Gasteiger partial charge in [0.05, 0.1) is 0 Å². The smallest absolute Gasteiger partial charge is 0.326 e. The molecule has 0 heterocycles. The van der Waals surface area contributed by atoms with E-state index < -0.39 is 17.9 Å². The van der Waals surface area contributed by atoms with Gasteiger partial charge in [0.25, 0.3) is 0 Å². The van der Waals surface area contributed by atoms with Gasteiger partial charge in [-0.25, -0.2) is 4.79 Å². The number of carboxylic acid groups (broad SMARTS) is 1. The van der Waals surface area contributed by atoms with Crippen LogP contribution in [0.15, 0.2) is 72.9 Å². The first-order valence-corrected chi connectivity index (χ1v) is 13.0. The van der Waals surface area contributed by atoms with Crippen LogP contribution >= 0.6 is 11.8 Å². The van der Waals surface area contributed by atoms with E-state index in [-0.39, 0.29) is 0 Å². The van der Waals surface area contributed by atoms with Crippen LogP contribution in [-0.2, 0) is 9.59 Å². The Morgan fingerprint density at radius 1 is 0.812 bits per heavy atom. The second kappa shape index (κ2) is 23.4. The molecule has 0 aromatic carbocycles. The molecule has 4 nitrogen and oxygen atoms in total. The van der Waals surface area contributed by atoms with Crippen LogP contribution in [0, 0.1) is 0 Å². The van der Waals surface area contributed by atoms with Crippen molar-refractivity contribution in [2.45, 2.75) is 70.8 Å². The van der Waals surface area contributed by atoms with E-state index >= 15 is 0 Å². The van der Waals surface area contributed by atoms with Crippen LogP contribution in [0.4, 0.5) is 0 Å². The molecule has 0 aliphatic carbocycles. The van der Waals surface area contributed by atoms with Gasteiger partial charge in [-0.3, -0.25) is 4.79 Å². The summed E-state index contributed by atoms with van der Waals surface area (Å²) >= 11 is 1.55. The molecule has 1 atom stereocenters. The lowest BCUT2D eigenvalue weighted by Gasteiger charge is -2.11. The molecular weight excluding hydrogens is 418 g/mol. The number of carboxylic acids is 1. The monoisotopic (exact) mass is 459 g/mol. The molecule has 32 heavy (non-hydrogen) atoms. The molecule has 0 aliphatic rings. The molecule has 0 rings (SSSR count). The maximum Gasteiger partial charge on any atom is 0.326 e. The van der Waals surface area contributed by atoms with Crippen molar-refractivity contribution in [1.29, 1.82) is 0 Å². The highest BCUT2D eigenvalue weighted by Crippen LogP contribution is 2.08. The minimum Gasteiger partial charge on any atom is -0.480 e. The fraction of sp³-hybridized carbons (Fsp3) is 0.481. The number of hydrogen-bond donors (Lipinski definition) is 2. The van der Waals surface area contributed by atoms with Crippen LogP contribution in [-0.4, -0.2) is 35.0 Å². The Kier molecular flexibility index (Phi) is 21.7. The van der Waals surface area contributed by atoms with E-state index in [0.29, 0.717) is 12.2 Å². The molecule has 1 amide bonds. The third-order valence-electron chi connectivity index (χ3n) is 4.58. The first kappa shape index (κ1) is 29.7. The van der Waals surface area contributed by atoms with E-state index in [4.69, 9.17) is 5.11 Å². The Balaban J connectivity index is 3.93. The fourth-order valence-electron chi connectivity index (χ4n) is 2.76. The number of hydrogen-bond acceptors (Lipinski definition) is 3. The lowest BCUT2D eigenvalue weighted by Crippen LogP contribution is -2.40. The predicted octanol–water partition coefficient (Wildman–Crippen LogP) is 6.79. The molecule has 5 heteroatoms. The zero-order valence-electron chi connectivity index (χ0n) is 19.7. The van der Waals surface area contributed by atoms with Crippen LogP contribution in [0.25, 0.3) is 0 Å². The Hall–Kier alpha value is -2.27. The van der Waals surface area contributed by atoms with Gasteiger partial charge in [0.15, 0.2) is 0 Å². The lowest BCUT2D eigenvalue weighted by molar-refractivity contribution is -0.141. The number of carbonyl (C=O) groups is 2. The van der Waals surface area contributed by atoms with Gasteiger partial charge in [-0.2, -0.15) is 11.8 Å². The molecule has 0 aliphatic heterocycles. The van der Waals surface area contributed by atoms with Gasteiger partial charge >= 0.3 is 5.97 Å². The van der Waals surface area contributed by atoms with E-state index in [9.17, 15) is 9.59 Å². The Labute approximate surface area is 199 Å². The summed E-state index contributed by atoms with van der Waals surface area (Å²) in [6.07, 6.45) is 35.3. The van der Waals surface area contributed by atoms with Gasteiger partial charge in [0.2, 0.25) is 5.91 Å². The fourth-order valence-corrected chi connectivity index (χ4v) is 3.23. The molecule has 0 aromatic heterocycles. The molecule has 0 fully saturated rings. The molecule has 0 unspecified atom stereocenters. The number of thioether (sulfide) groups is 1. The van der Waals surface area contributed by atoms with Crippen molar-refractivity contribution in [2.24, 2.45) is 0 Å². The Morgan fingerprint density at radius 3 is 1.91 bits per heavy atom. The van der Waals surface area contributed by atoms with Crippen molar-refractivity contribution < 1.29 is 14.7 Å². The number of amides is 1. The standard InChI is InChI=1S/C27H41NO3S/c1-3-4-5-6-7-8-9-10-11-12-13-14-15-16-17-18-19-20-21-22-26(29)28-25(27(30)31)23-24-32-2/h11-22,25H,3-10,23-24H2,1-2H3,(H,28,29)(H,30,31)/t25-/m0/s1. The zero-order chi connectivity index (χ0) is 23.7. The highest BCUT2D eigenvalue weighted by Gasteiger charge is 2.17. The largest absolute Gasteiger partial charge is 0.480 e. The maximum absolute atomic E-state index is 11.8. The lowest BCUT2D eigenvalue weighted by atomic mass is 10.1. The van der Waals surface area contributed by atoms with E-state index in [1.165, 1.54) is 51.0 Å². The Bertz CT molecular complexity index is 660. The Morgan fingerprint density at radius 2 is 1.34 bits per heavy atom. The highest BCUT2D eigenvalue weighted by molar-refractivity contribution is 7.98. The summed E-state index contributed by atoms with van der Waals surface area (Å²) in [6, 6.07) is -0.850. The first-order chi connectivity index (χ1) is 15.6. The molecule has 0 saturated carbocycles. The summed E-state index contributed by atoms with van der Waals surface area (Å²) < 4.78 is 0. The van der Waals surface area contributed by atoms with Gasteiger partial charge in [-0.05, 0) is 31.3 Å². The molecule has 0 bridgehead atoms. The number of nitrogens with one attached hydrogen (secondary N) is 1. The third kappa shape index (κ3) is 21.0. The zero-order valence-corrected chi connectivity index (χ0v) is 20.6. The normalized spacial score (nSPS) is 13.6. The van der Waals surface area contributed by atoms with Crippen molar-refractivity contribution in [2.75, 3.05) is 12.0 Å². The van der Waals surface area contributed by atoms with Crippen molar-refractivity contribution in [3.8, 4) is 0 Å². The summed E-state index contributed by atoms with van der Waals surface area (Å²) in [7, 11) is 0. The topological polar surface area (TPSA) is 66.4 Å². The van der Waals surface area contributed by atoms with Crippen molar-refractivity contribution in [3.63, 3.8) is 0 Å². The molecule has 0 aromatic rings. The van der Waals surface area contributed by atoms with Crippen molar-refractivity contribution >= 4 is 23.6 Å². The van der Waals surface area contributed by atoms with Crippen LogP contribution < -0.4 is 5.32 Å². The minimum absolute atomic E-state index is 0.405. The average Bonchev–Trinajstić information content (AvgIpc) is 2.78. The second-order valence-electron chi connectivity index (χ2n) is 7.42. The average molecular weight is 460 g/mol. The number of aliphatic carboxylic acids is 1. The summed E-state index contributed by atoms with van der Waals surface area (Å²) in [4.78, 5) is 22.9. The maximum atomic E-state index is 11.8. The van der Waals surface area contributed by atoms with Crippen molar-refractivity contribution in [3.05, 3.63) is 72.9 Å². The molecule has 0 saturated heterocycles. The summed E-state index contributed by atoms with van der Waals surface area (Å²) in [5.74, 6) is -0.731. The van der Waals surface area contributed by atoms with E-state index in [2.05, 4.69) is 24.4 Å². The van der Waals surface area contributed by atoms with Gasteiger partial charge in [-0.1, -0.05) is 112 Å². The van der Waals surface area contributed by atoms with Crippen molar-refractivity contribution in [1.82, 2.24) is 5.32 Å². The third-order valence-corrected chi connectivity index (χ3v) is 5.23. The van der Waals surface area contributed by atoms with E-state index in [1.807, 2.05) is 48.8 Å². The number of unbranched alkanes of at least 4 members (excludes halogenated alkanes) is 7. The number of allylic oxidation sites excluding steroid dienone is 11. The molecular formula is C27H41NO3S. The summed E-state index contributed by atoms with van der Waals surface area (Å²) in [5, 5.41) is 11.6. The molecule has 2 N–H and O–H groups in total. The van der Waals surface area contributed by atoms with E-state index in [0.717, 1.165) is 6.42 Å². The van der Waals surface area contributed by atoms with Crippen LogP contribution in [0.1, 0.15) is 64.7 Å². The predicted molar refractivity (Wildman–Crippen MR) is 140 cm³/mol. The summed E-state index contributed by atoms with van der Waals surface area (Å²) in [5.41, 5.74) is 0. The highest BCUT2D eigenvalue weighted by atomic mass is 32.2. The number of rotatable bonds is 19. The molecule has 178 valence electrons. The second-order valence-corrected chi connectivity index (χ2v) is 8.40. The molecule has 0 radical (unpaired) electrons. The quantitative estimate of drug-likeness (QED) is 0.127. The first-order valence-electron chi connectivity index (χ1n) is 11.6. The van der Waals surface area contributed by atoms with Crippen LogP contribution in [0.3, 0.4) is 0 Å². The summed E-state index contributed by atoms with van der Waals surface area (Å²) in [6.45, 7) is 2.25.